The Morgan fingerprint density at radius 1 is 1.62 bits per heavy atom. The predicted molar refractivity (Wildman–Crippen MR) is 61.0 cm³/mol. The van der Waals surface area contributed by atoms with E-state index in [0.717, 1.165) is 0 Å². The Morgan fingerprint density at radius 3 is 2.75 bits per heavy atom. The topological polar surface area (TPSA) is 58.7 Å². The van der Waals surface area contributed by atoms with Crippen LogP contribution in [0.15, 0.2) is 12.4 Å². The van der Waals surface area contributed by atoms with Gasteiger partial charge >= 0.3 is 0 Å². The van der Waals surface area contributed by atoms with E-state index in [1.165, 1.54) is 0 Å². The van der Waals surface area contributed by atoms with Crippen LogP contribution in [0.2, 0.25) is 0 Å². The molecule has 1 unspecified atom stereocenters. The quantitative estimate of drug-likeness (QED) is 0.715. The number of hydrogen-bond acceptors (Lipinski definition) is 3. The fraction of sp³-hybridized carbons (Fsp3) is 0.583. The van der Waals surface area contributed by atoms with Gasteiger partial charge in [0.05, 0.1) is 17.8 Å². The van der Waals surface area contributed by atoms with E-state index in [-0.39, 0.29) is 24.2 Å². The first-order chi connectivity index (χ1) is 7.60. The van der Waals surface area contributed by atoms with Crippen LogP contribution in [0.5, 0.6) is 0 Å². The van der Waals surface area contributed by atoms with Gasteiger partial charge in [-0.1, -0.05) is 6.92 Å². The van der Waals surface area contributed by atoms with E-state index in [0.29, 0.717) is 12.0 Å². The van der Waals surface area contributed by atoms with Crippen molar-refractivity contribution in [1.29, 1.82) is 5.26 Å². The molecule has 4 heteroatoms. The Bertz CT molecular complexity index is 401. The van der Waals surface area contributed by atoms with Gasteiger partial charge in [-0.05, 0) is 20.3 Å². The molecule has 4 nitrogen and oxygen atoms in total. The molecular formula is C12H17N3O. The van der Waals surface area contributed by atoms with E-state index < -0.39 is 0 Å². The van der Waals surface area contributed by atoms with Crippen LogP contribution in [-0.2, 0) is 0 Å². The highest BCUT2D eigenvalue weighted by Crippen LogP contribution is 2.16. The first-order valence-corrected chi connectivity index (χ1v) is 5.55. The third-order valence-corrected chi connectivity index (χ3v) is 2.62. The molecule has 0 radical (unpaired) electrons. The Kier molecular flexibility index (Phi) is 4.24. The number of carbonyl (C=O) groups is 1. The summed E-state index contributed by atoms with van der Waals surface area (Å²) in [6.45, 7) is 5.94. The molecule has 16 heavy (non-hydrogen) atoms. The molecule has 1 rings (SSSR count). The molecule has 0 aliphatic heterocycles. The highest BCUT2D eigenvalue weighted by Gasteiger charge is 2.19. The van der Waals surface area contributed by atoms with Crippen LogP contribution < -0.4 is 0 Å². The van der Waals surface area contributed by atoms with Gasteiger partial charge in [0.25, 0.3) is 0 Å². The minimum absolute atomic E-state index is 0.0240. The summed E-state index contributed by atoms with van der Waals surface area (Å²) >= 11 is 0. The maximum absolute atomic E-state index is 12.0. The molecule has 0 N–H and O–H groups in total. The van der Waals surface area contributed by atoms with Crippen molar-refractivity contribution in [3.63, 3.8) is 0 Å². The predicted octanol–water partition coefficient (Wildman–Crippen LogP) is 2.59. The lowest BCUT2D eigenvalue weighted by molar-refractivity contribution is 0.0918. The molecule has 0 saturated heterocycles. The van der Waals surface area contributed by atoms with Gasteiger partial charge in [0.15, 0.2) is 5.78 Å². The van der Waals surface area contributed by atoms with Crippen LogP contribution in [0.3, 0.4) is 0 Å². The van der Waals surface area contributed by atoms with Gasteiger partial charge in [-0.15, -0.1) is 0 Å². The molecule has 0 spiro atoms. The van der Waals surface area contributed by atoms with Crippen molar-refractivity contribution in [3.8, 4) is 6.07 Å². The van der Waals surface area contributed by atoms with Crippen molar-refractivity contribution in [2.45, 2.75) is 39.7 Å². The van der Waals surface area contributed by atoms with Crippen molar-refractivity contribution < 1.29 is 4.79 Å². The van der Waals surface area contributed by atoms with Crippen molar-refractivity contribution in [3.05, 3.63) is 18.0 Å². The van der Waals surface area contributed by atoms with Crippen LogP contribution in [0.25, 0.3) is 0 Å². The Labute approximate surface area is 95.9 Å². The number of nitrogens with zero attached hydrogens (tertiary/aromatic N) is 3. The maximum atomic E-state index is 12.0. The van der Waals surface area contributed by atoms with Crippen LogP contribution in [0.4, 0.5) is 0 Å². The third-order valence-electron chi connectivity index (χ3n) is 2.62. The summed E-state index contributed by atoms with van der Waals surface area (Å²) in [5.41, 5.74) is 0.607. The van der Waals surface area contributed by atoms with Gasteiger partial charge in [0.1, 0.15) is 0 Å². The molecular weight excluding hydrogens is 202 g/mol. The van der Waals surface area contributed by atoms with Crippen LogP contribution >= 0.6 is 0 Å². The van der Waals surface area contributed by atoms with E-state index in [1.54, 1.807) is 17.1 Å². The number of hydrogen-bond donors (Lipinski definition) is 0. The fourth-order valence-electron chi connectivity index (χ4n) is 1.52. The summed E-state index contributed by atoms with van der Waals surface area (Å²) < 4.78 is 1.76. The number of nitriles is 1. The summed E-state index contributed by atoms with van der Waals surface area (Å²) in [6, 6.07) is 2.30. The summed E-state index contributed by atoms with van der Waals surface area (Å²) in [5, 5.41) is 12.8. The lowest BCUT2D eigenvalue weighted by Crippen LogP contribution is -2.13. The second-order valence-electron chi connectivity index (χ2n) is 4.13. The fourth-order valence-corrected chi connectivity index (χ4v) is 1.52. The molecule has 0 aromatic carbocycles. The minimum Gasteiger partial charge on any atom is -0.294 e. The Hall–Kier alpha value is -1.63. The molecule has 0 aliphatic carbocycles. The van der Waals surface area contributed by atoms with E-state index in [2.05, 4.69) is 11.2 Å². The summed E-state index contributed by atoms with van der Waals surface area (Å²) in [7, 11) is 0. The van der Waals surface area contributed by atoms with Crippen LogP contribution in [0, 0.1) is 17.2 Å². The van der Waals surface area contributed by atoms with Crippen molar-refractivity contribution in [2.75, 3.05) is 0 Å². The third kappa shape index (κ3) is 2.69. The zero-order chi connectivity index (χ0) is 12.1. The number of ketones is 1. The maximum Gasteiger partial charge on any atom is 0.170 e. The van der Waals surface area contributed by atoms with Crippen LogP contribution in [-0.4, -0.2) is 15.6 Å². The first kappa shape index (κ1) is 12.4. The summed E-state index contributed by atoms with van der Waals surface area (Å²) in [5.74, 6) is -0.175. The second-order valence-corrected chi connectivity index (χ2v) is 4.13. The second kappa shape index (κ2) is 5.45. The van der Waals surface area contributed by atoms with E-state index in [9.17, 15) is 4.79 Å². The van der Waals surface area contributed by atoms with Gasteiger partial charge < -0.3 is 0 Å². The van der Waals surface area contributed by atoms with Crippen molar-refractivity contribution >= 4 is 5.78 Å². The molecule has 0 fully saturated rings. The Balaban J connectivity index is 2.83. The van der Waals surface area contributed by atoms with Gasteiger partial charge in [0, 0.05) is 24.6 Å². The number of Topliss-reactive ketones (excluding diaryl/α,β-unsaturated/α-hetero) is 1. The van der Waals surface area contributed by atoms with Crippen molar-refractivity contribution in [1.82, 2.24) is 9.78 Å². The molecule has 0 aliphatic rings. The van der Waals surface area contributed by atoms with Crippen LogP contribution in [0.1, 0.15) is 50.0 Å². The monoisotopic (exact) mass is 219 g/mol. The molecule has 1 aromatic heterocycles. The van der Waals surface area contributed by atoms with Gasteiger partial charge in [-0.2, -0.15) is 10.4 Å². The van der Waals surface area contributed by atoms with Crippen molar-refractivity contribution in [2.24, 2.45) is 5.92 Å². The molecule has 0 saturated carbocycles. The van der Waals surface area contributed by atoms with E-state index in [4.69, 9.17) is 5.26 Å². The molecule has 1 aromatic rings. The largest absolute Gasteiger partial charge is 0.294 e. The SMILES string of the molecule is CCC(CC#N)C(=O)c1cnn(C(C)C)c1. The average Bonchev–Trinajstić information content (AvgIpc) is 2.74. The highest BCUT2D eigenvalue weighted by molar-refractivity contribution is 5.97. The smallest absolute Gasteiger partial charge is 0.170 e. The van der Waals surface area contributed by atoms with E-state index in [1.807, 2.05) is 20.8 Å². The zero-order valence-electron chi connectivity index (χ0n) is 9.97. The molecule has 1 atom stereocenters. The molecule has 0 bridgehead atoms. The zero-order valence-corrected chi connectivity index (χ0v) is 9.97. The lowest BCUT2D eigenvalue weighted by Gasteiger charge is -2.07. The number of carbonyl (C=O) groups excluding carboxylic acids is 1. The average molecular weight is 219 g/mol. The highest BCUT2D eigenvalue weighted by atomic mass is 16.1. The normalized spacial score (nSPS) is 12.4. The van der Waals surface area contributed by atoms with Gasteiger partial charge in [0.2, 0.25) is 0 Å². The minimum atomic E-state index is -0.199. The van der Waals surface area contributed by atoms with E-state index >= 15 is 0 Å². The number of aromatic nitrogens is 2. The Morgan fingerprint density at radius 2 is 2.31 bits per heavy atom. The van der Waals surface area contributed by atoms with Gasteiger partial charge in [-0.25, -0.2) is 0 Å². The van der Waals surface area contributed by atoms with Gasteiger partial charge in [-0.3, -0.25) is 9.48 Å². The molecule has 0 amide bonds. The number of rotatable bonds is 5. The summed E-state index contributed by atoms with van der Waals surface area (Å²) in [6.07, 6.45) is 4.32. The molecule has 86 valence electrons. The molecule has 1 heterocycles. The lowest BCUT2D eigenvalue weighted by atomic mass is 9.94. The standard InChI is InChI=1S/C12H17N3O/c1-4-10(5-6-13)12(16)11-7-14-15(8-11)9(2)3/h7-10H,4-5H2,1-3H3. The summed E-state index contributed by atoms with van der Waals surface area (Å²) in [4.78, 5) is 12.0. The first-order valence-electron chi connectivity index (χ1n) is 5.55.